The summed E-state index contributed by atoms with van der Waals surface area (Å²) in [5.74, 6) is -2.60. The van der Waals surface area contributed by atoms with Crippen molar-refractivity contribution in [3.8, 4) is 11.1 Å². The Balaban J connectivity index is 0.000000289. The van der Waals surface area contributed by atoms with Crippen LogP contribution in [0.5, 0.6) is 0 Å². The molecule has 1 aliphatic carbocycles. The van der Waals surface area contributed by atoms with E-state index in [1.54, 1.807) is 0 Å². The van der Waals surface area contributed by atoms with Crippen LogP contribution in [-0.4, -0.2) is 33.1 Å². The van der Waals surface area contributed by atoms with Gasteiger partial charge in [-0.3, -0.25) is 4.79 Å². The van der Waals surface area contributed by atoms with Crippen LogP contribution in [0, 0.1) is 0 Å². The molecule has 0 bridgehead atoms. The highest BCUT2D eigenvalue weighted by Gasteiger charge is 2.48. The minimum atomic E-state index is -5.08. The number of carbonyl (C=O) groups is 2. The number of hydrogen-bond donors (Lipinski definition) is 3. The van der Waals surface area contributed by atoms with E-state index in [9.17, 15) is 18.0 Å². The van der Waals surface area contributed by atoms with Crippen LogP contribution in [0.3, 0.4) is 0 Å². The number of anilines is 1. The van der Waals surface area contributed by atoms with Gasteiger partial charge in [-0.1, -0.05) is 49.6 Å². The molecule has 5 rings (SSSR count). The Morgan fingerprint density at radius 3 is 2.35 bits per heavy atom. The van der Waals surface area contributed by atoms with Crippen LogP contribution in [0.15, 0.2) is 42.7 Å². The lowest BCUT2D eigenvalue weighted by atomic mass is 9.69. The van der Waals surface area contributed by atoms with Crippen LogP contribution in [-0.2, 0) is 15.0 Å². The predicted octanol–water partition coefficient (Wildman–Crippen LogP) is 5.02. The number of carbonyl (C=O) groups excluding carboxylic acids is 1. The van der Waals surface area contributed by atoms with E-state index in [4.69, 9.17) is 9.90 Å². The van der Waals surface area contributed by atoms with Crippen LogP contribution < -0.4 is 5.32 Å². The number of benzene rings is 1. The number of hydrogen-bond acceptors (Lipinski definition) is 3. The summed E-state index contributed by atoms with van der Waals surface area (Å²) in [7, 11) is 0. The molecule has 162 valence electrons. The molecule has 1 saturated carbocycles. The zero-order valence-electron chi connectivity index (χ0n) is 16.4. The SMILES string of the molecule is O=C(O)C(F)(F)F.O=C1Nc2cnc3[nH]cc(-c4ccccc4)c3c2C12CCCCC2. The van der Waals surface area contributed by atoms with Gasteiger partial charge in [-0.25, -0.2) is 9.78 Å². The first-order valence-corrected chi connectivity index (χ1v) is 9.91. The highest BCUT2D eigenvalue weighted by molar-refractivity contribution is 6.13. The number of carboxylic acid groups (broad SMARTS) is 1. The normalized spacial score (nSPS) is 17.1. The molecule has 1 amide bonds. The van der Waals surface area contributed by atoms with Crippen molar-refractivity contribution in [1.29, 1.82) is 0 Å². The number of alkyl halides is 3. The first kappa shape index (κ1) is 20.9. The molecular weight excluding hydrogens is 411 g/mol. The van der Waals surface area contributed by atoms with Crippen LogP contribution in [0.25, 0.3) is 22.2 Å². The molecule has 1 aliphatic heterocycles. The van der Waals surface area contributed by atoms with E-state index in [1.807, 2.05) is 30.6 Å². The molecule has 1 spiro atoms. The van der Waals surface area contributed by atoms with Gasteiger partial charge >= 0.3 is 12.1 Å². The van der Waals surface area contributed by atoms with E-state index >= 15 is 0 Å². The van der Waals surface area contributed by atoms with Gasteiger partial charge in [-0.05, 0) is 18.4 Å². The van der Waals surface area contributed by atoms with Crippen LogP contribution in [0.4, 0.5) is 18.9 Å². The summed E-state index contributed by atoms with van der Waals surface area (Å²) in [6, 6.07) is 10.3. The van der Waals surface area contributed by atoms with Crippen molar-refractivity contribution in [2.75, 3.05) is 5.32 Å². The lowest BCUT2D eigenvalue weighted by Gasteiger charge is -2.32. The fourth-order valence-electron chi connectivity index (χ4n) is 4.52. The number of amides is 1. The van der Waals surface area contributed by atoms with E-state index in [0.29, 0.717) is 0 Å². The number of nitrogens with zero attached hydrogens (tertiary/aromatic N) is 1. The third-order valence-corrected chi connectivity index (χ3v) is 5.90. The molecule has 9 heteroatoms. The van der Waals surface area contributed by atoms with Crippen molar-refractivity contribution in [1.82, 2.24) is 9.97 Å². The molecule has 6 nitrogen and oxygen atoms in total. The molecule has 0 atom stereocenters. The average Bonchev–Trinajstić information content (AvgIpc) is 3.28. The number of aromatic amines is 1. The lowest BCUT2D eigenvalue weighted by Crippen LogP contribution is -2.36. The second kappa shape index (κ2) is 7.72. The van der Waals surface area contributed by atoms with E-state index in [2.05, 4.69) is 27.4 Å². The molecule has 31 heavy (non-hydrogen) atoms. The van der Waals surface area contributed by atoms with Gasteiger partial charge in [0.1, 0.15) is 5.65 Å². The Hall–Kier alpha value is -3.36. The number of carboxylic acids is 1. The molecule has 3 heterocycles. The van der Waals surface area contributed by atoms with Gasteiger partial charge in [0, 0.05) is 22.7 Å². The largest absolute Gasteiger partial charge is 0.490 e. The van der Waals surface area contributed by atoms with Crippen LogP contribution in [0.2, 0.25) is 0 Å². The zero-order valence-corrected chi connectivity index (χ0v) is 16.4. The fourth-order valence-corrected chi connectivity index (χ4v) is 4.52. The third-order valence-electron chi connectivity index (χ3n) is 5.90. The van der Waals surface area contributed by atoms with E-state index in [0.717, 1.165) is 59.1 Å². The number of H-pyrrole nitrogens is 1. The Kier molecular flexibility index (Phi) is 5.20. The number of rotatable bonds is 1. The van der Waals surface area contributed by atoms with E-state index in [-0.39, 0.29) is 11.3 Å². The molecule has 2 aromatic heterocycles. The summed E-state index contributed by atoms with van der Waals surface area (Å²) >= 11 is 0. The minimum absolute atomic E-state index is 0.159. The predicted molar refractivity (Wildman–Crippen MR) is 109 cm³/mol. The number of fused-ring (bicyclic) bond motifs is 4. The Morgan fingerprint density at radius 1 is 1.10 bits per heavy atom. The number of pyridine rings is 1. The summed E-state index contributed by atoms with van der Waals surface area (Å²) in [6.45, 7) is 0. The Morgan fingerprint density at radius 2 is 1.74 bits per heavy atom. The maximum atomic E-state index is 12.9. The summed E-state index contributed by atoms with van der Waals surface area (Å²) in [6.07, 6.45) is 4.06. The number of nitrogens with one attached hydrogen (secondary N) is 2. The number of aliphatic carboxylic acids is 1. The first-order chi connectivity index (χ1) is 14.7. The number of aromatic nitrogens is 2. The molecule has 1 aromatic carbocycles. The third kappa shape index (κ3) is 3.64. The smallest absolute Gasteiger partial charge is 0.475 e. The summed E-state index contributed by atoms with van der Waals surface area (Å²) < 4.78 is 31.7. The molecule has 0 unspecified atom stereocenters. The highest BCUT2D eigenvalue weighted by atomic mass is 19.4. The fraction of sp³-hybridized carbons (Fsp3) is 0.318. The first-order valence-electron chi connectivity index (χ1n) is 9.91. The lowest BCUT2D eigenvalue weighted by molar-refractivity contribution is -0.192. The Labute approximate surface area is 175 Å². The molecule has 3 aromatic rings. The number of halogens is 3. The van der Waals surface area contributed by atoms with Crippen molar-refractivity contribution in [3.63, 3.8) is 0 Å². The molecule has 3 N–H and O–H groups in total. The maximum Gasteiger partial charge on any atom is 0.490 e. The summed E-state index contributed by atoms with van der Waals surface area (Å²) in [4.78, 5) is 29.6. The van der Waals surface area contributed by atoms with Gasteiger partial charge in [0.15, 0.2) is 0 Å². The van der Waals surface area contributed by atoms with E-state index < -0.39 is 12.1 Å². The van der Waals surface area contributed by atoms with Crippen molar-refractivity contribution < 1.29 is 27.9 Å². The molecular formula is C22H20F3N3O3. The van der Waals surface area contributed by atoms with Crippen LogP contribution in [0.1, 0.15) is 37.7 Å². The summed E-state index contributed by atoms with van der Waals surface area (Å²) in [5.41, 5.74) is 4.85. The quantitative estimate of drug-likeness (QED) is 0.504. The van der Waals surface area contributed by atoms with Gasteiger partial charge in [-0.15, -0.1) is 0 Å². The van der Waals surface area contributed by atoms with Gasteiger partial charge < -0.3 is 15.4 Å². The zero-order chi connectivity index (χ0) is 22.2. The van der Waals surface area contributed by atoms with Gasteiger partial charge in [0.05, 0.1) is 17.3 Å². The second-order valence-electron chi connectivity index (χ2n) is 7.74. The van der Waals surface area contributed by atoms with Crippen molar-refractivity contribution in [2.24, 2.45) is 0 Å². The molecule has 0 saturated heterocycles. The Bertz CT molecular complexity index is 1130. The van der Waals surface area contributed by atoms with Crippen molar-refractivity contribution in [3.05, 3.63) is 48.3 Å². The average molecular weight is 431 g/mol. The van der Waals surface area contributed by atoms with Gasteiger partial charge in [-0.2, -0.15) is 13.2 Å². The highest BCUT2D eigenvalue weighted by Crippen LogP contribution is 2.51. The monoisotopic (exact) mass is 431 g/mol. The molecule has 0 radical (unpaired) electrons. The maximum absolute atomic E-state index is 12.9. The van der Waals surface area contributed by atoms with Crippen LogP contribution >= 0.6 is 0 Å². The van der Waals surface area contributed by atoms with E-state index in [1.165, 1.54) is 6.42 Å². The standard InChI is InChI=1S/C20H19N3O.C2HF3O2/c24-19-20(9-5-2-6-10-20)17-15(23-19)12-22-18-16(17)14(11-21-18)13-7-3-1-4-8-13;3-2(4,5)1(6)7/h1,3-4,7-8,11-12H,2,5-6,9-10H2,(H,21,22)(H,23,24);(H,6,7). The minimum Gasteiger partial charge on any atom is -0.475 e. The molecule has 1 fully saturated rings. The van der Waals surface area contributed by atoms with Gasteiger partial charge in [0.25, 0.3) is 0 Å². The molecule has 2 aliphatic rings. The van der Waals surface area contributed by atoms with Crippen molar-refractivity contribution >= 4 is 28.6 Å². The second-order valence-corrected chi connectivity index (χ2v) is 7.74. The summed E-state index contributed by atoms with van der Waals surface area (Å²) in [5, 5.41) is 11.3. The topological polar surface area (TPSA) is 95.1 Å². The van der Waals surface area contributed by atoms with Crippen molar-refractivity contribution in [2.45, 2.75) is 43.7 Å². The van der Waals surface area contributed by atoms with Gasteiger partial charge in [0.2, 0.25) is 5.91 Å².